The molecule has 0 radical (unpaired) electrons. The van der Waals surface area contributed by atoms with Crippen molar-refractivity contribution in [3.8, 4) is 0 Å². The van der Waals surface area contributed by atoms with Crippen LogP contribution in [0.2, 0.25) is 0 Å². The molecule has 2 heterocycles. The molecule has 2 saturated heterocycles. The molecule has 1 aromatic rings. The first kappa shape index (κ1) is 15.9. The van der Waals surface area contributed by atoms with Crippen LogP contribution >= 0.6 is 27.7 Å². The summed E-state index contributed by atoms with van der Waals surface area (Å²) >= 11 is 5.68. The van der Waals surface area contributed by atoms with Gasteiger partial charge in [-0.1, -0.05) is 28.1 Å². The lowest BCUT2D eigenvalue weighted by molar-refractivity contribution is -0.105. The number of halogens is 1. The SMILES string of the molecule is Cc1c(Br)cccc1C(N)C1CCOC2(CCSCC2)C1. The maximum atomic E-state index is 6.65. The summed E-state index contributed by atoms with van der Waals surface area (Å²) in [5.41, 5.74) is 9.34. The van der Waals surface area contributed by atoms with Crippen LogP contribution < -0.4 is 5.73 Å². The quantitative estimate of drug-likeness (QED) is 0.835. The molecule has 0 aromatic heterocycles. The van der Waals surface area contributed by atoms with Gasteiger partial charge in [-0.3, -0.25) is 0 Å². The Morgan fingerprint density at radius 1 is 1.38 bits per heavy atom. The molecular weight excluding hydrogens is 346 g/mol. The van der Waals surface area contributed by atoms with Crippen molar-refractivity contribution >= 4 is 27.7 Å². The Hall–Kier alpha value is -0.0300. The molecule has 2 N–H and O–H groups in total. The van der Waals surface area contributed by atoms with Crippen LogP contribution in [0.3, 0.4) is 0 Å². The predicted molar refractivity (Wildman–Crippen MR) is 93.8 cm³/mol. The van der Waals surface area contributed by atoms with Crippen molar-refractivity contribution in [3.05, 3.63) is 33.8 Å². The van der Waals surface area contributed by atoms with E-state index in [0.717, 1.165) is 23.9 Å². The van der Waals surface area contributed by atoms with Gasteiger partial charge in [0.2, 0.25) is 0 Å². The van der Waals surface area contributed by atoms with Gasteiger partial charge in [0.1, 0.15) is 0 Å². The molecule has 1 aromatic carbocycles. The lowest BCUT2D eigenvalue weighted by Crippen LogP contribution is -2.45. The van der Waals surface area contributed by atoms with Crippen molar-refractivity contribution < 1.29 is 4.74 Å². The number of hydrogen-bond acceptors (Lipinski definition) is 3. The van der Waals surface area contributed by atoms with Crippen LogP contribution in [-0.4, -0.2) is 23.7 Å². The van der Waals surface area contributed by atoms with Crippen molar-refractivity contribution in [2.45, 2.75) is 44.2 Å². The van der Waals surface area contributed by atoms with Crippen molar-refractivity contribution in [3.63, 3.8) is 0 Å². The summed E-state index contributed by atoms with van der Waals surface area (Å²) in [4.78, 5) is 0. The van der Waals surface area contributed by atoms with Gasteiger partial charge in [0.25, 0.3) is 0 Å². The normalized spacial score (nSPS) is 26.7. The third-order valence-corrected chi connectivity index (χ3v) is 6.96. The van der Waals surface area contributed by atoms with Gasteiger partial charge in [-0.25, -0.2) is 0 Å². The average molecular weight is 370 g/mol. The van der Waals surface area contributed by atoms with Gasteiger partial charge < -0.3 is 10.5 Å². The number of ether oxygens (including phenoxy) is 1. The minimum Gasteiger partial charge on any atom is -0.375 e. The standard InChI is InChI=1S/C17H24BrNOS/c1-12-14(3-2-4-15(12)18)16(19)13-5-8-20-17(11-13)6-9-21-10-7-17/h2-4,13,16H,5-11,19H2,1H3. The molecule has 21 heavy (non-hydrogen) atoms. The highest BCUT2D eigenvalue weighted by molar-refractivity contribution is 9.10. The lowest BCUT2D eigenvalue weighted by Gasteiger charge is -2.45. The lowest BCUT2D eigenvalue weighted by atomic mass is 9.76. The van der Waals surface area contributed by atoms with E-state index in [1.54, 1.807) is 0 Å². The fourth-order valence-electron chi connectivity index (χ4n) is 3.70. The van der Waals surface area contributed by atoms with E-state index in [0.29, 0.717) is 5.92 Å². The molecule has 2 aliphatic rings. The zero-order valence-corrected chi connectivity index (χ0v) is 15.0. The van der Waals surface area contributed by atoms with Crippen LogP contribution in [0.4, 0.5) is 0 Å². The van der Waals surface area contributed by atoms with Gasteiger partial charge in [0.05, 0.1) is 5.60 Å². The molecule has 2 nitrogen and oxygen atoms in total. The van der Waals surface area contributed by atoms with Gasteiger partial charge in [-0.05, 0) is 67.2 Å². The second-order valence-corrected chi connectivity index (χ2v) is 8.46. The number of hydrogen-bond donors (Lipinski definition) is 1. The highest BCUT2D eigenvalue weighted by Gasteiger charge is 2.40. The smallest absolute Gasteiger partial charge is 0.0701 e. The summed E-state index contributed by atoms with van der Waals surface area (Å²) in [6, 6.07) is 6.50. The van der Waals surface area contributed by atoms with Crippen LogP contribution in [0.5, 0.6) is 0 Å². The minimum absolute atomic E-state index is 0.117. The molecule has 0 saturated carbocycles. The third-order valence-electron chi connectivity index (χ3n) is 5.11. The molecule has 2 fully saturated rings. The molecule has 116 valence electrons. The Kier molecular flexibility index (Phi) is 4.99. The van der Waals surface area contributed by atoms with E-state index in [1.807, 2.05) is 0 Å². The Bertz CT molecular complexity index is 496. The van der Waals surface area contributed by atoms with Crippen LogP contribution in [-0.2, 0) is 4.74 Å². The number of benzene rings is 1. The maximum absolute atomic E-state index is 6.65. The highest BCUT2D eigenvalue weighted by atomic mass is 79.9. The van der Waals surface area contributed by atoms with Crippen molar-refractivity contribution in [1.82, 2.24) is 0 Å². The Labute approximate surface area is 140 Å². The first-order valence-corrected chi connectivity index (χ1v) is 9.78. The van der Waals surface area contributed by atoms with E-state index >= 15 is 0 Å². The zero-order chi connectivity index (χ0) is 14.9. The van der Waals surface area contributed by atoms with Gasteiger partial charge in [0, 0.05) is 17.1 Å². The molecule has 0 bridgehead atoms. The number of nitrogens with two attached hydrogens (primary N) is 1. The van der Waals surface area contributed by atoms with E-state index in [4.69, 9.17) is 10.5 Å². The van der Waals surface area contributed by atoms with Crippen molar-refractivity contribution in [1.29, 1.82) is 0 Å². The van der Waals surface area contributed by atoms with Gasteiger partial charge >= 0.3 is 0 Å². The molecule has 0 amide bonds. The second kappa shape index (κ2) is 6.61. The highest BCUT2D eigenvalue weighted by Crippen LogP contribution is 2.43. The van der Waals surface area contributed by atoms with Crippen LogP contribution in [0.25, 0.3) is 0 Å². The Morgan fingerprint density at radius 2 is 2.14 bits per heavy atom. The molecule has 2 aliphatic heterocycles. The topological polar surface area (TPSA) is 35.2 Å². The Balaban J connectivity index is 1.78. The predicted octanol–water partition coefficient (Wildman–Crippen LogP) is 4.45. The van der Waals surface area contributed by atoms with E-state index in [-0.39, 0.29) is 11.6 Å². The van der Waals surface area contributed by atoms with Crippen molar-refractivity contribution in [2.75, 3.05) is 18.1 Å². The van der Waals surface area contributed by atoms with E-state index in [1.165, 1.54) is 35.5 Å². The minimum atomic E-state index is 0.117. The largest absolute Gasteiger partial charge is 0.375 e. The van der Waals surface area contributed by atoms with Gasteiger partial charge in [-0.2, -0.15) is 11.8 Å². The molecule has 2 unspecified atom stereocenters. The molecular formula is C17H24BrNOS. The van der Waals surface area contributed by atoms with E-state index in [9.17, 15) is 0 Å². The van der Waals surface area contributed by atoms with Crippen LogP contribution in [0, 0.1) is 12.8 Å². The fourth-order valence-corrected chi connectivity index (χ4v) is 5.32. The first-order valence-electron chi connectivity index (χ1n) is 7.84. The zero-order valence-electron chi connectivity index (χ0n) is 12.6. The summed E-state index contributed by atoms with van der Waals surface area (Å²) in [6.45, 7) is 3.03. The third kappa shape index (κ3) is 3.34. The summed E-state index contributed by atoms with van der Waals surface area (Å²) < 4.78 is 7.36. The van der Waals surface area contributed by atoms with E-state index < -0.39 is 0 Å². The van der Waals surface area contributed by atoms with Gasteiger partial charge in [0.15, 0.2) is 0 Å². The molecule has 2 atom stereocenters. The monoisotopic (exact) mass is 369 g/mol. The molecule has 0 aliphatic carbocycles. The second-order valence-electron chi connectivity index (χ2n) is 6.38. The molecule has 4 heteroatoms. The summed E-state index contributed by atoms with van der Waals surface area (Å²) in [5, 5.41) is 0. The summed E-state index contributed by atoms with van der Waals surface area (Å²) in [5.74, 6) is 3.00. The number of thioether (sulfide) groups is 1. The number of rotatable bonds is 2. The average Bonchev–Trinajstić information content (AvgIpc) is 2.50. The molecule has 3 rings (SSSR count). The summed E-state index contributed by atoms with van der Waals surface area (Å²) in [7, 11) is 0. The fraction of sp³-hybridized carbons (Fsp3) is 0.647. The van der Waals surface area contributed by atoms with E-state index in [2.05, 4.69) is 52.8 Å². The van der Waals surface area contributed by atoms with Crippen LogP contribution in [0.1, 0.15) is 42.9 Å². The summed E-state index contributed by atoms with van der Waals surface area (Å²) in [6.07, 6.45) is 4.60. The Morgan fingerprint density at radius 3 is 2.90 bits per heavy atom. The molecule has 1 spiro atoms. The van der Waals surface area contributed by atoms with Crippen molar-refractivity contribution in [2.24, 2.45) is 11.7 Å². The van der Waals surface area contributed by atoms with Crippen LogP contribution in [0.15, 0.2) is 22.7 Å². The maximum Gasteiger partial charge on any atom is 0.0701 e. The first-order chi connectivity index (χ1) is 10.1. The van der Waals surface area contributed by atoms with Gasteiger partial charge in [-0.15, -0.1) is 0 Å².